The minimum atomic E-state index is -1.29. The first-order valence-corrected chi connectivity index (χ1v) is 12.7. The van der Waals surface area contributed by atoms with E-state index in [0.29, 0.717) is 18.0 Å². The van der Waals surface area contributed by atoms with Gasteiger partial charge < -0.3 is 25.2 Å². The van der Waals surface area contributed by atoms with Crippen LogP contribution in [0.25, 0.3) is 0 Å². The van der Waals surface area contributed by atoms with Crippen molar-refractivity contribution in [1.29, 1.82) is 0 Å². The summed E-state index contributed by atoms with van der Waals surface area (Å²) >= 11 is 0. The lowest BCUT2D eigenvalue weighted by Crippen LogP contribution is -2.46. The normalized spacial score (nSPS) is 17.3. The summed E-state index contributed by atoms with van der Waals surface area (Å²) in [7, 11) is 3.06. The molecule has 11 heteroatoms. The van der Waals surface area contributed by atoms with E-state index in [-0.39, 0.29) is 35.6 Å². The molecule has 0 radical (unpaired) electrons. The number of ether oxygens (including phenoxy) is 2. The molecule has 206 valence electrons. The maximum atomic E-state index is 12.3. The van der Waals surface area contributed by atoms with Crippen LogP contribution in [0.4, 0.5) is 17.2 Å². The highest BCUT2D eigenvalue weighted by Crippen LogP contribution is 2.37. The quantitative estimate of drug-likeness (QED) is 0.235. The van der Waals surface area contributed by atoms with Gasteiger partial charge in [-0.05, 0) is 42.1 Å². The van der Waals surface area contributed by atoms with Gasteiger partial charge in [0.05, 0.1) is 19.1 Å². The molecule has 3 N–H and O–H groups in total. The molecule has 1 fully saturated rings. The van der Waals surface area contributed by atoms with E-state index < -0.39 is 16.6 Å². The second kappa shape index (κ2) is 12.4. The predicted octanol–water partition coefficient (Wildman–Crippen LogP) is 4.64. The van der Waals surface area contributed by atoms with E-state index in [1.165, 1.54) is 19.8 Å². The number of nitro groups is 1. The number of carboxylic acid groups (broad SMARTS) is 1. The number of likely N-dealkylation sites (tertiary alicyclic amines) is 1. The highest BCUT2D eigenvalue weighted by atomic mass is 16.6. The Labute approximate surface area is 226 Å². The number of carbonyl (C=O) groups is 1. The number of benzene rings is 2. The van der Waals surface area contributed by atoms with Crippen molar-refractivity contribution in [1.82, 2.24) is 9.88 Å². The van der Waals surface area contributed by atoms with Crippen molar-refractivity contribution in [2.24, 2.45) is 5.92 Å². The van der Waals surface area contributed by atoms with E-state index in [4.69, 9.17) is 9.47 Å². The Morgan fingerprint density at radius 2 is 1.90 bits per heavy atom. The van der Waals surface area contributed by atoms with Gasteiger partial charge in [-0.25, -0.2) is 9.78 Å². The summed E-state index contributed by atoms with van der Waals surface area (Å²) in [5, 5.41) is 28.4. The number of aromatic carboxylic acids is 1. The van der Waals surface area contributed by atoms with Gasteiger partial charge in [-0.15, -0.1) is 0 Å². The number of piperidine rings is 1. The lowest BCUT2D eigenvalue weighted by atomic mass is 9.92. The summed E-state index contributed by atoms with van der Waals surface area (Å²) in [5.41, 5.74) is 1.26. The van der Waals surface area contributed by atoms with Crippen molar-refractivity contribution in [3.05, 3.63) is 81.5 Å². The van der Waals surface area contributed by atoms with Crippen LogP contribution in [0.1, 0.15) is 34.8 Å². The average Bonchev–Trinajstić information content (AvgIpc) is 2.93. The Morgan fingerprint density at radius 1 is 1.15 bits per heavy atom. The van der Waals surface area contributed by atoms with Crippen molar-refractivity contribution >= 4 is 23.2 Å². The fourth-order valence-corrected chi connectivity index (χ4v) is 4.79. The van der Waals surface area contributed by atoms with Crippen LogP contribution in [0.3, 0.4) is 0 Å². The molecule has 1 aliphatic rings. The number of pyridine rings is 1. The maximum absolute atomic E-state index is 12.3. The molecule has 2 atom stereocenters. The van der Waals surface area contributed by atoms with Gasteiger partial charge in [-0.1, -0.05) is 43.3 Å². The molecular weight excluding hydrogens is 502 g/mol. The van der Waals surface area contributed by atoms with E-state index >= 15 is 0 Å². The third-order valence-electron chi connectivity index (χ3n) is 7.00. The number of methoxy groups -OCH3 is 2. The van der Waals surface area contributed by atoms with E-state index in [1.807, 2.05) is 18.2 Å². The van der Waals surface area contributed by atoms with Crippen LogP contribution in [0.2, 0.25) is 0 Å². The fraction of sp³-hybridized carbons (Fsp3) is 0.357. The van der Waals surface area contributed by atoms with Crippen LogP contribution < -0.4 is 20.1 Å². The number of nitrogens with one attached hydrogen (secondary N) is 2. The molecule has 1 aromatic heterocycles. The highest BCUT2D eigenvalue weighted by molar-refractivity contribution is 5.98. The molecule has 39 heavy (non-hydrogen) atoms. The molecule has 0 aliphatic carbocycles. The molecule has 11 nitrogen and oxygen atoms in total. The molecule has 2 heterocycles. The number of rotatable bonds is 11. The van der Waals surface area contributed by atoms with Gasteiger partial charge in [-0.2, -0.15) is 0 Å². The van der Waals surface area contributed by atoms with Gasteiger partial charge in [0.2, 0.25) is 5.82 Å². The highest BCUT2D eigenvalue weighted by Gasteiger charge is 2.33. The number of hydrogen-bond acceptors (Lipinski definition) is 9. The molecule has 0 bridgehead atoms. The number of hydrogen-bond donors (Lipinski definition) is 3. The van der Waals surface area contributed by atoms with Crippen molar-refractivity contribution in [2.75, 3.05) is 37.9 Å². The van der Waals surface area contributed by atoms with E-state index in [1.54, 1.807) is 18.2 Å². The van der Waals surface area contributed by atoms with Crippen molar-refractivity contribution in [3.63, 3.8) is 0 Å². The van der Waals surface area contributed by atoms with E-state index in [2.05, 4.69) is 39.6 Å². The van der Waals surface area contributed by atoms with Crippen LogP contribution in [0.15, 0.2) is 54.7 Å². The summed E-state index contributed by atoms with van der Waals surface area (Å²) in [6, 6.07) is 15.2. The van der Waals surface area contributed by atoms with Gasteiger partial charge in [0.25, 0.3) is 0 Å². The Kier molecular flexibility index (Phi) is 8.82. The lowest BCUT2D eigenvalue weighted by molar-refractivity contribution is -0.383. The van der Waals surface area contributed by atoms with Crippen LogP contribution in [-0.4, -0.2) is 59.2 Å². The van der Waals surface area contributed by atoms with E-state index in [0.717, 1.165) is 31.3 Å². The topological polar surface area (TPSA) is 139 Å². The summed E-state index contributed by atoms with van der Waals surface area (Å²) in [5.74, 6) is -0.0506. The van der Waals surface area contributed by atoms with Gasteiger partial charge >= 0.3 is 11.7 Å². The first kappa shape index (κ1) is 27.6. The SMILES string of the molecule is COc1ccc(CNc2ncc(C(=O)O)c(N[C@@H]3CN(Cc4ccccc4)CC[C@@H]3C)c2[N+](=O)[O-])cc1OC. The monoisotopic (exact) mass is 535 g/mol. The van der Waals surface area contributed by atoms with Crippen molar-refractivity contribution < 1.29 is 24.3 Å². The van der Waals surface area contributed by atoms with E-state index in [9.17, 15) is 20.0 Å². The molecule has 1 aliphatic heterocycles. The van der Waals surface area contributed by atoms with Gasteiger partial charge in [0.15, 0.2) is 11.5 Å². The molecule has 0 spiro atoms. The summed E-state index contributed by atoms with van der Waals surface area (Å²) < 4.78 is 10.6. The second-order valence-corrected chi connectivity index (χ2v) is 9.59. The van der Waals surface area contributed by atoms with Gasteiger partial charge in [0, 0.05) is 31.9 Å². The molecule has 2 aromatic carbocycles. The predicted molar refractivity (Wildman–Crippen MR) is 148 cm³/mol. The van der Waals surface area contributed by atoms with Crippen molar-refractivity contribution in [3.8, 4) is 11.5 Å². The minimum Gasteiger partial charge on any atom is -0.493 e. The average molecular weight is 536 g/mol. The van der Waals surface area contributed by atoms with Gasteiger partial charge in [-0.3, -0.25) is 15.0 Å². The third-order valence-corrected chi connectivity index (χ3v) is 7.00. The lowest BCUT2D eigenvalue weighted by Gasteiger charge is -2.38. The molecule has 3 aromatic rings. The second-order valence-electron chi connectivity index (χ2n) is 9.59. The zero-order valence-electron chi connectivity index (χ0n) is 22.2. The molecule has 4 rings (SSSR count). The smallest absolute Gasteiger partial charge is 0.339 e. The minimum absolute atomic E-state index is 0.0214. The zero-order chi connectivity index (χ0) is 27.9. The number of anilines is 2. The van der Waals surface area contributed by atoms with Crippen LogP contribution >= 0.6 is 0 Å². The summed E-state index contributed by atoms with van der Waals surface area (Å²) in [4.78, 5) is 30.2. The Bertz CT molecular complexity index is 1320. The molecule has 0 unspecified atom stereocenters. The maximum Gasteiger partial charge on any atom is 0.339 e. The third kappa shape index (κ3) is 6.55. The Morgan fingerprint density at radius 3 is 2.56 bits per heavy atom. The first-order valence-electron chi connectivity index (χ1n) is 12.7. The van der Waals surface area contributed by atoms with Crippen molar-refractivity contribution in [2.45, 2.75) is 32.5 Å². The van der Waals surface area contributed by atoms with Crippen LogP contribution in [0.5, 0.6) is 11.5 Å². The largest absolute Gasteiger partial charge is 0.493 e. The molecular formula is C28H33N5O6. The zero-order valence-corrected chi connectivity index (χ0v) is 22.2. The number of carboxylic acids is 1. The number of nitrogens with zero attached hydrogens (tertiary/aromatic N) is 3. The Hall–Kier alpha value is -4.38. The fourth-order valence-electron chi connectivity index (χ4n) is 4.79. The van der Waals surface area contributed by atoms with Gasteiger partial charge in [0.1, 0.15) is 11.3 Å². The first-order chi connectivity index (χ1) is 18.8. The Balaban J connectivity index is 1.60. The summed E-state index contributed by atoms with van der Waals surface area (Å²) in [6.07, 6.45) is 2.03. The standard InChI is InChI=1S/C28H33N5O6/c1-18-11-12-32(16-19-7-5-4-6-8-19)17-22(18)31-25-21(28(34)35)15-30-27(26(25)33(36)37)29-14-20-9-10-23(38-2)24(13-20)39-3/h4-10,13,15,18,22H,11-12,14,16-17H2,1-3H3,(H,34,35)(H2,29,30,31)/t18-,22+/m0/s1. The molecule has 0 amide bonds. The van der Waals surface area contributed by atoms with Crippen LogP contribution in [-0.2, 0) is 13.1 Å². The summed E-state index contributed by atoms with van der Waals surface area (Å²) in [6.45, 7) is 4.51. The molecule has 0 saturated carbocycles. The van der Waals surface area contributed by atoms with Crippen LogP contribution in [0, 0.1) is 16.0 Å². The molecule has 1 saturated heterocycles. The number of aromatic nitrogens is 1.